The number of benzene rings is 3. The van der Waals surface area contributed by atoms with Gasteiger partial charge in [0.05, 0.1) is 34.2 Å². The fourth-order valence-corrected chi connectivity index (χ4v) is 14.7. The number of carbonyl (C=O) groups excluding carboxylic acids is 3. The van der Waals surface area contributed by atoms with E-state index in [1.54, 1.807) is 30.3 Å². The summed E-state index contributed by atoms with van der Waals surface area (Å²) in [6.07, 6.45) is 16.6. The van der Waals surface area contributed by atoms with Gasteiger partial charge in [0, 0.05) is 76.0 Å². The van der Waals surface area contributed by atoms with Crippen molar-refractivity contribution in [1.82, 2.24) is 44.1 Å². The summed E-state index contributed by atoms with van der Waals surface area (Å²) >= 11 is 0. The van der Waals surface area contributed by atoms with E-state index in [1.165, 1.54) is 47.8 Å². The molecule has 9 heterocycles. The van der Waals surface area contributed by atoms with Gasteiger partial charge in [-0.05, 0) is 178 Å². The van der Waals surface area contributed by atoms with Gasteiger partial charge in [-0.15, -0.1) is 6.42 Å². The number of ether oxygens (including phenoxy) is 4. The van der Waals surface area contributed by atoms with Gasteiger partial charge < -0.3 is 33.6 Å². The highest BCUT2D eigenvalue weighted by Crippen LogP contribution is 2.42. The fourth-order valence-electron chi connectivity index (χ4n) is 14.7. The number of likely N-dealkylation sites (tertiary alicyclic amines) is 2. The summed E-state index contributed by atoms with van der Waals surface area (Å²) in [5.41, 5.74) is -0.0246. The van der Waals surface area contributed by atoms with Crippen molar-refractivity contribution in [3.63, 3.8) is 0 Å². The smallest absolute Gasteiger partial charge is 0.410 e. The predicted octanol–water partition coefficient (Wildman–Crippen LogP) is 9.60. The maximum Gasteiger partial charge on any atom is 0.410 e. The molecule has 6 saturated heterocycles. The van der Waals surface area contributed by atoms with Crippen molar-refractivity contribution in [1.29, 1.82) is 0 Å². The molecule has 2 bridgehead atoms. The molecule has 0 saturated carbocycles. The average Bonchev–Trinajstić information content (AvgIpc) is 1.84. The van der Waals surface area contributed by atoms with Crippen LogP contribution in [0.15, 0.2) is 47.4 Å². The lowest BCUT2D eigenvalue weighted by Crippen LogP contribution is -2.57. The van der Waals surface area contributed by atoms with Crippen LogP contribution >= 0.6 is 0 Å². The van der Waals surface area contributed by atoms with Crippen LogP contribution in [-0.4, -0.2) is 160 Å². The van der Waals surface area contributed by atoms with E-state index in [0.29, 0.717) is 89.4 Å². The van der Waals surface area contributed by atoms with Gasteiger partial charge in [0.1, 0.15) is 52.4 Å². The molecule has 468 valence electrons. The van der Waals surface area contributed by atoms with Crippen molar-refractivity contribution in [2.24, 2.45) is 17.8 Å². The number of nitrogens with zero attached hydrogens (tertiary/aromatic N) is 10. The summed E-state index contributed by atoms with van der Waals surface area (Å²) in [7, 11) is 1.49. The number of hydrogen-bond donors (Lipinski definition) is 1. The van der Waals surface area contributed by atoms with Crippen molar-refractivity contribution >= 4 is 62.1 Å². The fraction of sp³-hybridized carbons (Fsp3) is 0.561. The van der Waals surface area contributed by atoms with Gasteiger partial charge >= 0.3 is 17.8 Å². The van der Waals surface area contributed by atoms with Crippen LogP contribution in [0.3, 0.4) is 0 Å². The Kier molecular flexibility index (Phi) is 17.4. The van der Waals surface area contributed by atoms with E-state index in [9.17, 15) is 19.2 Å². The molecule has 12 rings (SSSR count). The average molecular weight is 1210 g/mol. The first-order chi connectivity index (χ1) is 42.3. The zero-order chi connectivity index (χ0) is 61.7. The van der Waals surface area contributed by atoms with Gasteiger partial charge in [-0.3, -0.25) is 38.8 Å². The first-order valence-electron chi connectivity index (χ1n) is 31.4. The van der Waals surface area contributed by atoms with Crippen molar-refractivity contribution in [2.75, 3.05) is 95.8 Å². The van der Waals surface area contributed by atoms with E-state index < -0.39 is 40.7 Å². The second kappa shape index (κ2) is 25.2. The van der Waals surface area contributed by atoms with Gasteiger partial charge in [-0.1, -0.05) is 12.0 Å². The molecule has 6 fully saturated rings. The molecule has 0 radical (unpaired) electrons. The highest BCUT2D eigenvalue weighted by molar-refractivity contribution is 6.03. The topological polar surface area (TPSA) is 182 Å². The van der Waals surface area contributed by atoms with E-state index in [-0.39, 0.29) is 90.2 Å². The number of pyridine rings is 1. The molecular weight excluding hydrogens is 1130 g/mol. The first-order valence-corrected chi connectivity index (χ1v) is 31.4. The number of amides is 3. The van der Waals surface area contributed by atoms with Crippen LogP contribution < -0.4 is 30.3 Å². The summed E-state index contributed by atoms with van der Waals surface area (Å²) in [6, 6.07) is 8.06. The maximum absolute atomic E-state index is 17.6. The van der Waals surface area contributed by atoms with Crippen molar-refractivity contribution < 1.29 is 46.5 Å². The number of piperidine rings is 4. The summed E-state index contributed by atoms with van der Waals surface area (Å²) < 4.78 is 75.6. The molecular formula is C66H80F3N11O8. The Labute approximate surface area is 510 Å². The summed E-state index contributed by atoms with van der Waals surface area (Å²) in [5.74, 6) is 2.32. The number of methoxy groups -OCH3 is 1. The maximum atomic E-state index is 17.6. The first kappa shape index (κ1) is 60.8. The lowest BCUT2D eigenvalue weighted by atomic mass is 9.82. The Hall–Kier alpha value is -7.48. The number of hydrogen-bond acceptors (Lipinski definition) is 15. The zero-order valence-electron chi connectivity index (χ0n) is 51.3. The number of piperazine rings is 1. The van der Waals surface area contributed by atoms with E-state index in [0.717, 1.165) is 71.2 Å². The van der Waals surface area contributed by atoms with Crippen LogP contribution in [0.4, 0.5) is 29.5 Å². The van der Waals surface area contributed by atoms with E-state index >= 15 is 13.2 Å². The van der Waals surface area contributed by atoms with E-state index in [2.05, 4.69) is 35.8 Å². The Bertz CT molecular complexity index is 3730. The molecule has 3 unspecified atom stereocenters. The zero-order valence-corrected chi connectivity index (χ0v) is 51.3. The van der Waals surface area contributed by atoms with E-state index in [4.69, 9.17) is 35.3 Å². The molecule has 6 aromatic rings. The monoisotopic (exact) mass is 1210 g/mol. The van der Waals surface area contributed by atoms with Gasteiger partial charge in [-0.25, -0.2) is 22.8 Å². The van der Waals surface area contributed by atoms with Crippen LogP contribution in [-0.2, 0) is 19.1 Å². The molecule has 3 aromatic carbocycles. The quantitative estimate of drug-likeness (QED) is 0.0549. The summed E-state index contributed by atoms with van der Waals surface area (Å²) in [4.78, 5) is 77.4. The Morgan fingerprint density at radius 2 is 1.51 bits per heavy atom. The Morgan fingerprint density at radius 1 is 0.818 bits per heavy atom. The number of fused-ring (bicyclic) bond motifs is 5. The Balaban J connectivity index is 0.661. The lowest BCUT2D eigenvalue weighted by molar-refractivity contribution is -0.135. The van der Waals surface area contributed by atoms with Crippen LogP contribution in [0.2, 0.25) is 0 Å². The Morgan fingerprint density at radius 3 is 2.17 bits per heavy atom. The largest absolute Gasteiger partial charge is 0.468 e. The second-order valence-electron chi connectivity index (χ2n) is 26.3. The predicted molar refractivity (Wildman–Crippen MR) is 329 cm³/mol. The second-order valence-corrected chi connectivity index (χ2v) is 26.3. The standard InChI is InChI=1S/C66H80F3N11O8/c1-8-47-50(67)12-9-43-32-46(87-38-85-7)33-48(55(43)47)58-57(69)59-49(34-70-58)61(77-36-44-10-11-45(37-77)79(44)65(84)88-66(4,5)6)73-63(72-59)86-30-29-74-23-17-40(18-24-74)31-41-19-25-75(26-20-41)35-42-21-27-76(28-22-42)51-13-14-52-60(56(51)68)78(39(2)3)64(83)80(52)53-15-16-54(81)71-62(53)82/h1,9,12-14,32-34,39-42,44-45,53H,10-11,15-31,35-38H2,2-7H3,(H,71,81,82). The molecule has 1 N–H and O–H groups in total. The van der Waals surface area contributed by atoms with Gasteiger partial charge in [0.15, 0.2) is 18.4 Å². The number of terminal acetylenes is 1. The van der Waals surface area contributed by atoms with Crippen LogP contribution in [0.25, 0.3) is 44.0 Å². The van der Waals surface area contributed by atoms with Crippen molar-refractivity contribution in [2.45, 2.75) is 135 Å². The van der Waals surface area contributed by atoms with Crippen LogP contribution in [0, 0.1) is 47.5 Å². The molecule has 3 amide bonds. The number of halogens is 3. The molecule has 88 heavy (non-hydrogen) atoms. The third-order valence-corrected chi connectivity index (χ3v) is 19.0. The van der Waals surface area contributed by atoms with Crippen molar-refractivity contribution in [3.05, 3.63) is 76.1 Å². The number of imidazole rings is 1. The van der Waals surface area contributed by atoms with Crippen LogP contribution in [0.5, 0.6) is 11.8 Å². The van der Waals surface area contributed by atoms with Gasteiger partial charge in [0.2, 0.25) is 11.8 Å². The highest BCUT2D eigenvalue weighted by atomic mass is 19.1. The normalized spacial score (nSPS) is 21.3. The molecule has 19 nitrogen and oxygen atoms in total. The van der Waals surface area contributed by atoms with E-state index in [1.807, 2.05) is 39.5 Å². The SMILES string of the molecule is C#Cc1c(F)ccc2cc(OCOC)cc(-c3ncc4c(N5CC6CCC(C5)N6C(=O)OC(C)(C)C)nc(OCCN5CCC(CC6CCN(CC7CCN(c8ccc9c(c8F)n(C(C)C)c(=O)n9C8CCC(=O)NC8=O)CC7)CC6)CC5)nc4c3F)c12. The summed E-state index contributed by atoms with van der Waals surface area (Å²) in [5, 5.41) is 3.52. The number of anilines is 2. The minimum atomic E-state index is -0.880. The lowest BCUT2D eigenvalue weighted by Gasteiger charge is -2.42. The summed E-state index contributed by atoms with van der Waals surface area (Å²) in [6.45, 7) is 17.4. The molecule has 0 aliphatic carbocycles. The number of aromatic nitrogens is 5. The van der Waals surface area contributed by atoms with Gasteiger partial charge in [0.25, 0.3) is 0 Å². The molecule has 6 aliphatic rings. The number of nitrogens with one attached hydrogen (secondary N) is 1. The highest BCUT2D eigenvalue weighted by Gasteiger charge is 2.45. The number of carbonyl (C=O) groups is 3. The number of rotatable bonds is 16. The molecule has 6 aliphatic heterocycles. The van der Waals surface area contributed by atoms with Crippen molar-refractivity contribution in [3.8, 4) is 35.4 Å². The molecule has 3 atom stereocenters. The number of imide groups is 1. The molecule has 0 spiro atoms. The van der Waals surface area contributed by atoms with Crippen LogP contribution in [0.1, 0.15) is 123 Å². The minimum Gasteiger partial charge on any atom is -0.468 e. The minimum absolute atomic E-state index is 0.00988. The molecule has 3 aromatic heterocycles. The third-order valence-electron chi connectivity index (χ3n) is 19.0. The third kappa shape index (κ3) is 12.2. The molecule has 22 heteroatoms. The van der Waals surface area contributed by atoms with Gasteiger partial charge in [-0.2, -0.15) is 9.97 Å².